The van der Waals surface area contributed by atoms with Crippen molar-refractivity contribution in [2.45, 2.75) is 33.2 Å². The summed E-state index contributed by atoms with van der Waals surface area (Å²) >= 11 is 0. The average molecular weight is 201 g/mol. The van der Waals surface area contributed by atoms with Gasteiger partial charge in [-0.3, -0.25) is 5.41 Å². The van der Waals surface area contributed by atoms with Gasteiger partial charge >= 0.3 is 0 Å². The van der Waals surface area contributed by atoms with E-state index in [9.17, 15) is 0 Å². The van der Waals surface area contributed by atoms with Crippen molar-refractivity contribution in [1.29, 1.82) is 5.41 Å². The number of nitrogens with one attached hydrogen (secondary N) is 1. The molecule has 0 aliphatic carbocycles. The van der Waals surface area contributed by atoms with Crippen LogP contribution in [0.4, 0.5) is 0 Å². The molecule has 1 unspecified atom stereocenters. The Morgan fingerprint density at radius 3 is 2.36 bits per heavy atom. The number of amidine groups is 1. The van der Waals surface area contributed by atoms with Crippen LogP contribution in [0.2, 0.25) is 0 Å². The van der Waals surface area contributed by atoms with E-state index in [-0.39, 0.29) is 18.4 Å². The Bertz CT molecular complexity index is 171. The maximum Gasteiger partial charge on any atom is 0.0947 e. The Morgan fingerprint density at radius 2 is 2.00 bits per heavy atom. The number of hydrogen-bond acceptors (Lipinski definition) is 3. The number of aliphatic hydroxyl groups excluding tert-OH is 1. The lowest BCUT2D eigenvalue weighted by Crippen LogP contribution is -2.39. The van der Waals surface area contributed by atoms with Crippen LogP contribution < -0.4 is 5.73 Å². The van der Waals surface area contributed by atoms with Crippen molar-refractivity contribution in [3.8, 4) is 0 Å². The van der Waals surface area contributed by atoms with Crippen LogP contribution in [0.25, 0.3) is 0 Å². The molecule has 0 fully saturated rings. The first-order chi connectivity index (χ1) is 6.49. The lowest BCUT2D eigenvalue weighted by atomic mass is 10.1. The number of rotatable bonds is 7. The molecule has 0 saturated heterocycles. The Kier molecular flexibility index (Phi) is 6.49. The van der Waals surface area contributed by atoms with Crippen LogP contribution in [0.15, 0.2) is 0 Å². The van der Waals surface area contributed by atoms with E-state index in [0.29, 0.717) is 6.04 Å². The first kappa shape index (κ1) is 13.4. The summed E-state index contributed by atoms with van der Waals surface area (Å²) in [7, 11) is 0. The second-order valence-electron chi connectivity index (χ2n) is 4.02. The molecule has 0 aliphatic rings. The van der Waals surface area contributed by atoms with E-state index in [1.165, 1.54) is 0 Å². The van der Waals surface area contributed by atoms with Gasteiger partial charge in [0.05, 0.1) is 5.84 Å². The second kappa shape index (κ2) is 6.79. The van der Waals surface area contributed by atoms with Gasteiger partial charge < -0.3 is 15.7 Å². The molecule has 4 heteroatoms. The highest BCUT2D eigenvalue weighted by Crippen LogP contribution is 2.05. The zero-order chi connectivity index (χ0) is 11.1. The minimum Gasteiger partial charge on any atom is -0.396 e. The van der Waals surface area contributed by atoms with Crippen molar-refractivity contribution in [3.63, 3.8) is 0 Å². The number of nitrogens with zero attached hydrogens (tertiary/aromatic N) is 1. The zero-order valence-electron chi connectivity index (χ0n) is 9.45. The molecule has 0 aromatic heterocycles. The molecule has 0 heterocycles. The van der Waals surface area contributed by atoms with Crippen LogP contribution in [0.1, 0.15) is 27.2 Å². The molecule has 0 aromatic carbocycles. The first-order valence-electron chi connectivity index (χ1n) is 5.17. The van der Waals surface area contributed by atoms with E-state index in [4.69, 9.17) is 16.2 Å². The molecule has 1 atom stereocenters. The van der Waals surface area contributed by atoms with Gasteiger partial charge in [0.25, 0.3) is 0 Å². The molecule has 0 aromatic rings. The third kappa shape index (κ3) is 5.19. The molecule has 14 heavy (non-hydrogen) atoms. The molecular formula is C10H23N3O. The molecule has 0 bridgehead atoms. The van der Waals surface area contributed by atoms with Crippen LogP contribution >= 0.6 is 0 Å². The summed E-state index contributed by atoms with van der Waals surface area (Å²) in [4.78, 5) is 2.24. The van der Waals surface area contributed by atoms with Gasteiger partial charge in [0.1, 0.15) is 0 Å². The van der Waals surface area contributed by atoms with Crippen LogP contribution in [0, 0.1) is 11.3 Å². The van der Waals surface area contributed by atoms with E-state index in [1.807, 2.05) is 6.92 Å². The molecule has 0 spiro atoms. The Hall–Kier alpha value is -0.610. The van der Waals surface area contributed by atoms with Crippen LogP contribution in [0.3, 0.4) is 0 Å². The average Bonchev–Trinajstić information content (AvgIpc) is 2.10. The highest BCUT2D eigenvalue weighted by molar-refractivity contribution is 5.79. The summed E-state index contributed by atoms with van der Waals surface area (Å²) in [5, 5.41) is 16.1. The molecule has 0 aliphatic heterocycles. The van der Waals surface area contributed by atoms with Crippen LogP contribution in [-0.4, -0.2) is 41.6 Å². The summed E-state index contributed by atoms with van der Waals surface area (Å²) in [6, 6.07) is 0.434. The van der Waals surface area contributed by atoms with E-state index in [1.54, 1.807) is 0 Å². The van der Waals surface area contributed by atoms with E-state index >= 15 is 0 Å². The van der Waals surface area contributed by atoms with Crippen molar-refractivity contribution in [2.24, 2.45) is 11.7 Å². The minimum absolute atomic E-state index is 0.0936. The maximum absolute atomic E-state index is 8.75. The van der Waals surface area contributed by atoms with Gasteiger partial charge in [-0.1, -0.05) is 6.92 Å². The molecule has 84 valence electrons. The van der Waals surface area contributed by atoms with Gasteiger partial charge in [-0.25, -0.2) is 0 Å². The molecule has 0 amide bonds. The van der Waals surface area contributed by atoms with Crippen molar-refractivity contribution in [1.82, 2.24) is 4.90 Å². The van der Waals surface area contributed by atoms with Gasteiger partial charge in [0.2, 0.25) is 0 Å². The standard InChI is InChI=1S/C10H23N3O/c1-8(2)13(5-4-6-14)7-9(3)10(11)12/h8-9,14H,4-7H2,1-3H3,(H3,11,12). The first-order valence-corrected chi connectivity index (χ1v) is 5.17. The van der Waals surface area contributed by atoms with Gasteiger partial charge in [-0.15, -0.1) is 0 Å². The highest BCUT2D eigenvalue weighted by atomic mass is 16.3. The lowest BCUT2D eigenvalue weighted by Gasteiger charge is -2.28. The third-order valence-corrected chi connectivity index (χ3v) is 2.37. The topological polar surface area (TPSA) is 73.3 Å². The molecular weight excluding hydrogens is 178 g/mol. The van der Waals surface area contributed by atoms with Gasteiger partial charge in [-0.05, 0) is 20.3 Å². The van der Waals surface area contributed by atoms with E-state index in [0.717, 1.165) is 19.5 Å². The molecule has 4 nitrogen and oxygen atoms in total. The number of hydrogen-bond donors (Lipinski definition) is 3. The Balaban J connectivity index is 4.02. The predicted octanol–water partition coefficient (Wildman–Crippen LogP) is 0.651. The van der Waals surface area contributed by atoms with Crippen molar-refractivity contribution in [2.75, 3.05) is 19.7 Å². The smallest absolute Gasteiger partial charge is 0.0947 e. The Labute approximate surface area is 86.6 Å². The van der Waals surface area contributed by atoms with Crippen LogP contribution in [-0.2, 0) is 0 Å². The normalized spacial score (nSPS) is 13.6. The predicted molar refractivity (Wildman–Crippen MR) is 59.5 cm³/mol. The van der Waals surface area contributed by atoms with Gasteiger partial charge in [-0.2, -0.15) is 0 Å². The summed E-state index contributed by atoms with van der Waals surface area (Å²) in [6.07, 6.45) is 0.781. The van der Waals surface area contributed by atoms with Crippen molar-refractivity contribution < 1.29 is 5.11 Å². The summed E-state index contributed by atoms with van der Waals surface area (Å²) in [6.45, 7) is 8.07. The fourth-order valence-corrected chi connectivity index (χ4v) is 1.28. The van der Waals surface area contributed by atoms with Gasteiger partial charge in [0, 0.05) is 31.7 Å². The third-order valence-electron chi connectivity index (χ3n) is 2.37. The monoisotopic (exact) mass is 201 g/mol. The van der Waals surface area contributed by atoms with Crippen LogP contribution in [0.5, 0.6) is 0 Å². The fraction of sp³-hybridized carbons (Fsp3) is 0.900. The summed E-state index contributed by atoms with van der Waals surface area (Å²) < 4.78 is 0. The Morgan fingerprint density at radius 1 is 1.43 bits per heavy atom. The fourth-order valence-electron chi connectivity index (χ4n) is 1.28. The number of aliphatic hydroxyl groups is 1. The maximum atomic E-state index is 8.75. The second-order valence-corrected chi connectivity index (χ2v) is 4.02. The summed E-state index contributed by atoms with van der Waals surface area (Å²) in [5.74, 6) is 0.329. The van der Waals surface area contributed by atoms with Gasteiger partial charge in [0.15, 0.2) is 0 Å². The molecule has 0 radical (unpaired) electrons. The minimum atomic E-state index is 0.0936. The SMILES string of the molecule is CC(CN(CCCO)C(C)C)C(=N)N. The van der Waals surface area contributed by atoms with Crippen molar-refractivity contribution in [3.05, 3.63) is 0 Å². The number of nitrogens with two attached hydrogens (primary N) is 1. The molecule has 0 rings (SSSR count). The quantitative estimate of drug-likeness (QED) is 0.418. The van der Waals surface area contributed by atoms with E-state index in [2.05, 4.69) is 18.7 Å². The zero-order valence-corrected chi connectivity index (χ0v) is 9.45. The largest absolute Gasteiger partial charge is 0.396 e. The van der Waals surface area contributed by atoms with E-state index < -0.39 is 0 Å². The summed E-state index contributed by atoms with van der Waals surface area (Å²) in [5.41, 5.74) is 5.42. The lowest BCUT2D eigenvalue weighted by molar-refractivity contribution is 0.183. The van der Waals surface area contributed by atoms with Crippen molar-refractivity contribution >= 4 is 5.84 Å². The molecule has 4 N–H and O–H groups in total. The highest BCUT2D eigenvalue weighted by Gasteiger charge is 2.14. The molecule has 0 saturated carbocycles.